The predicted molar refractivity (Wildman–Crippen MR) is 86.7 cm³/mol. The number of carbonyl (C=O) groups excluding carboxylic acids is 1. The van der Waals surface area contributed by atoms with Crippen molar-refractivity contribution >= 4 is 17.4 Å². The molecule has 0 saturated carbocycles. The summed E-state index contributed by atoms with van der Waals surface area (Å²) >= 11 is 1.67. The van der Waals surface area contributed by atoms with Gasteiger partial charge < -0.3 is 15.0 Å². The van der Waals surface area contributed by atoms with Crippen LogP contribution in [-0.4, -0.2) is 41.7 Å². The molecule has 5 nitrogen and oxygen atoms in total. The lowest BCUT2D eigenvalue weighted by Crippen LogP contribution is -2.35. The third-order valence-corrected chi connectivity index (χ3v) is 3.70. The highest BCUT2D eigenvalue weighted by molar-refractivity contribution is 7.09. The number of hydrogen-bond acceptors (Lipinski definition) is 5. The minimum Gasteiger partial charge on any atom is -0.444 e. The molecule has 0 fully saturated rings. The first-order valence-corrected chi connectivity index (χ1v) is 8.16. The summed E-state index contributed by atoms with van der Waals surface area (Å²) in [6.07, 6.45) is 0.606. The van der Waals surface area contributed by atoms with Gasteiger partial charge in [0.25, 0.3) is 0 Å². The summed E-state index contributed by atoms with van der Waals surface area (Å²) in [5.74, 6) is 0. The smallest absolute Gasteiger partial charge is 0.410 e. The molecular weight excluding hydrogens is 286 g/mol. The largest absolute Gasteiger partial charge is 0.444 e. The van der Waals surface area contributed by atoms with Crippen molar-refractivity contribution in [1.29, 1.82) is 0 Å². The molecule has 1 rings (SSSR count). The Labute approximate surface area is 131 Å². The minimum absolute atomic E-state index is 0.238. The van der Waals surface area contributed by atoms with E-state index in [1.165, 1.54) is 0 Å². The summed E-state index contributed by atoms with van der Waals surface area (Å²) in [6, 6.07) is 0.238. The lowest BCUT2D eigenvalue weighted by molar-refractivity contribution is 0.0297. The summed E-state index contributed by atoms with van der Waals surface area (Å²) in [5, 5.41) is 6.59. The maximum atomic E-state index is 11.8. The molecule has 0 radical (unpaired) electrons. The van der Waals surface area contributed by atoms with Gasteiger partial charge in [-0.15, -0.1) is 11.3 Å². The van der Waals surface area contributed by atoms with Crippen LogP contribution in [0.2, 0.25) is 0 Å². The van der Waals surface area contributed by atoms with Crippen LogP contribution in [0.3, 0.4) is 0 Å². The number of rotatable bonds is 6. The van der Waals surface area contributed by atoms with E-state index in [2.05, 4.69) is 22.6 Å². The molecule has 6 heteroatoms. The number of ether oxygens (including phenoxy) is 1. The monoisotopic (exact) mass is 313 g/mol. The Bertz CT molecular complexity index is 454. The van der Waals surface area contributed by atoms with Crippen LogP contribution in [0.15, 0.2) is 5.38 Å². The lowest BCUT2D eigenvalue weighted by atomic mass is 10.2. The van der Waals surface area contributed by atoms with Crippen LogP contribution in [0, 0.1) is 6.92 Å². The Morgan fingerprint density at radius 3 is 2.71 bits per heavy atom. The summed E-state index contributed by atoms with van der Waals surface area (Å²) in [7, 11) is 1.77. The second-order valence-electron chi connectivity index (χ2n) is 6.22. The van der Waals surface area contributed by atoms with Gasteiger partial charge in [-0.2, -0.15) is 0 Å². The van der Waals surface area contributed by atoms with Crippen LogP contribution in [-0.2, 0) is 4.74 Å². The summed E-state index contributed by atoms with van der Waals surface area (Å²) in [5.41, 5.74) is 0.638. The van der Waals surface area contributed by atoms with Gasteiger partial charge in [0.15, 0.2) is 0 Å². The predicted octanol–water partition coefficient (Wildman–Crippen LogP) is 3.36. The molecule has 0 aliphatic heterocycles. The fraction of sp³-hybridized carbons (Fsp3) is 0.733. The highest BCUT2D eigenvalue weighted by Gasteiger charge is 2.19. The van der Waals surface area contributed by atoms with Gasteiger partial charge in [0.1, 0.15) is 5.60 Å². The highest BCUT2D eigenvalue weighted by atomic mass is 32.1. The Morgan fingerprint density at radius 2 is 2.19 bits per heavy atom. The number of hydrogen-bond donors (Lipinski definition) is 1. The summed E-state index contributed by atoms with van der Waals surface area (Å²) < 4.78 is 5.31. The molecule has 1 N–H and O–H groups in total. The van der Waals surface area contributed by atoms with E-state index >= 15 is 0 Å². The standard InChI is InChI=1S/C15H27N3O2S/c1-11(13-10-21-12(2)17-13)16-8-7-9-18(6)14(19)20-15(3,4)5/h10-11,16H,7-9H2,1-6H3. The number of aromatic nitrogens is 1. The summed E-state index contributed by atoms with van der Waals surface area (Å²) in [4.78, 5) is 17.9. The van der Waals surface area contributed by atoms with E-state index in [4.69, 9.17) is 4.74 Å². The molecule has 0 bridgehead atoms. The van der Waals surface area contributed by atoms with Gasteiger partial charge in [-0.05, 0) is 47.6 Å². The number of nitrogens with one attached hydrogen (secondary N) is 1. The van der Waals surface area contributed by atoms with Crippen LogP contribution < -0.4 is 5.32 Å². The molecule has 1 amide bonds. The second-order valence-corrected chi connectivity index (χ2v) is 7.28. The first-order valence-electron chi connectivity index (χ1n) is 7.28. The Hall–Kier alpha value is -1.14. The highest BCUT2D eigenvalue weighted by Crippen LogP contribution is 2.15. The van der Waals surface area contributed by atoms with Crippen molar-refractivity contribution in [2.75, 3.05) is 20.1 Å². The molecule has 0 aliphatic rings. The molecule has 1 heterocycles. The number of thiazole rings is 1. The first-order chi connectivity index (χ1) is 9.69. The van der Waals surface area contributed by atoms with Gasteiger partial charge in [-0.1, -0.05) is 0 Å². The lowest BCUT2D eigenvalue weighted by Gasteiger charge is -2.24. The van der Waals surface area contributed by atoms with Crippen molar-refractivity contribution in [1.82, 2.24) is 15.2 Å². The van der Waals surface area contributed by atoms with Gasteiger partial charge in [-0.3, -0.25) is 0 Å². The van der Waals surface area contributed by atoms with Crippen LogP contribution >= 0.6 is 11.3 Å². The SMILES string of the molecule is Cc1nc(C(C)NCCCN(C)C(=O)OC(C)(C)C)cs1. The van der Waals surface area contributed by atoms with E-state index < -0.39 is 5.60 Å². The summed E-state index contributed by atoms with van der Waals surface area (Å²) in [6.45, 7) is 11.2. The topological polar surface area (TPSA) is 54.5 Å². The number of aryl methyl sites for hydroxylation is 1. The molecular formula is C15H27N3O2S. The van der Waals surface area contributed by atoms with Crippen molar-refractivity contribution in [3.8, 4) is 0 Å². The average Bonchev–Trinajstić information content (AvgIpc) is 2.78. The normalized spacial score (nSPS) is 13.0. The zero-order valence-electron chi connectivity index (χ0n) is 13.9. The van der Waals surface area contributed by atoms with Crippen molar-refractivity contribution < 1.29 is 9.53 Å². The zero-order chi connectivity index (χ0) is 16.0. The molecule has 0 aromatic carbocycles. The maximum Gasteiger partial charge on any atom is 0.410 e. The van der Waals surface area contributed by atoms with E-state index in [0.717, 1.165) is 23.7 Å². The second kappa shape index (κ2) is 7.75. The molecule has 0 spiro atoms. The molecule has 1 aromatic heterocycles. The zero-order valence-corrected chi connectivity index (χ0v) is 14.7. The van der Waals surface area contributed by atoms with Crippen LogP contribution in [0.5, 0.6) is 0 Å². The molecule has 21 heavy (non-hydrogen) atoms. The van der Waals surface area contributed by atoms with Crippen LogP contribution in [0.1, 0.15) is 50.9 Å². The van der Waals surface area contributed by atoms with Crippen molar-refractivity contribution in [2.24, 2.45) is 0 Å². The van der Waals surface area contributed by atoms with Gasteiger partial charge in [-0.25, -0.2) is 9.78 Å². The molecule has 1 aromatic rings. The van der Waals surface area contributed by atoms with E-state index in [9.17, 15) is 4.79 Å². The first kappa shape index (κ1) is 17.9. The van der Waals surface area contributed by atoms with Crippen molar-refractivity contribution in [3.63, 3.8) is 0 Å². The average molecular weight is 313 g/mol. The Kier molecular flexibility index (Phi) is 6.61. The third kappa shape index (κ3) is 6.91. The van der Waals surface area contributed by atoms with Gasteiger partial charge in [0.05, 0.1) is 10.7 Å². The fourth-order valence-corrected chi connectivity index (χ4v) is 2.46. The molecule has 0 saturated heterocycles. The minimum atomic E-state index is -0.444. The number of carbonyl (C=O) groups is 1. The van der Waals surface area contributed by atoms with Crippen molar-refractivity contribution in [3.05, 3.63) is 16.1 Å². The Balaban J connectivity index is 2.23. The fourth-order valence-electron chi connectivity index (χ4n) is 1.75. The maximum absolute atomic E-state index is 11.8. The van der Waals surface area contributed by atoms with E-state index in [1.54, 1.807) is 23.3 Å². The quantitative estimate of drug-likeness (QED) is 0.818. The number of nitrogens with zero attached hydrogens (tertiary/aromatic N) is 2. The van der Waals surface area contributed by atoms with E-state index in [-0.39, 0.29) is 12.1 Å². The third-order valence-electron chi connectivity index (χ3n) is 2.91. The molecule has 1 atom stereocenters. The Morgan fingerprint density at radius 1 is 1.52 bits per heavy atom. The van der Waals surface area contributed by atoms with Crippen LogP contribution in [0.4, 0.5) is 4.79 Å². The molecule has 120 valence electrons. The van der Waals surface area contributed by atoms with E-state index in [0.29, 0.717) is 6.54 Å². The van der Waals surface area contributed by atoms with Crippen molar-refractivity contribution in [2.45, 2.75) is 52.7 Å². The molecule has 0 aliphatic carbocycles. The van der Waals surface area contributed by atoms with E-state index in [1.807, 2.05) is 27.7 Å². The number of amides is 1. The van der Waals surface area contributed by atoms with Gasteiger partial charge in [0.2, 0.25) is 0 Å². The van der Waals surface area contributed by atoms with Crippen LogP contribution in [0.25, 0.3) is 0 Å². The van der Waals surface area contributed by atoms with Gasteiger partial charge >= 0.3 is 6.09 Å². The van der Waals surface area contributed by atoms with Gasteiger partial charge in [0, 0.05) is 25.0 Å². The molecule has 1 unspecified atom stereocenters.